The van der Waals surface area contributed by atoms with Crippen molar-refractivity contribution in [1.82, 2.24) is 0 Å². The van der Waals surface area contributed by atoms with Gasteiger partial charge in [-0.05, 0) is 44.5 Å². The third-order valence-corrected chi connectivity index (χ3v) is 3.14. The maximum absolute atomic E-state index is 11.5. The molecule has 0 spiro atoms. The molecule has 0 saturated heterocycles. The van der Waals surface area contributed by atoms with Crippen molar-refractivity contribution in [3.8, 4) is 0 Å². The SMILES string of the molecule is COC(=O)C(C)(C)CNc1ccc(Br)cc1C. The Morgan fingerprint density at radius 1 is 1.47 bits per heavy atom. The minimum atomic E-state index is -0.533. The standard InChI is InChI=1S/C13H18BrNO2/c1-9-7-10(14)5-6-11(9)15-8-13(2,3)12(16)17-4/h5-7,15H,8H2,1-4H3. The molecule has 0 aliphatic carbocycles. The molecule has 17 heavy (non-hydrogen) atoms. The summed E-state index contributed by atoms with van der Waals surface area (Å²) in [6.07, 6.45) is 0. The third-order valence-electron chi connectivity index (χ3n) is 2.65. The van der Waals surface area contributed by atoms with Gasteiger partial charge in [0.05, 0.1) is 12.5 Å². The molecule has 0 fully saturated rings. The van der Waals surface area contributed by atoms with Crippen molar-refractivity contribution in [3.63, 3.8) is 0 Å². The topological polar surface area (TPSA) is 38.3 Å². The van der Waals surface area contributed by atoms with Crippen LogP contribution in [-0.2, 0) is 9.53 Å². The highest BCUT2D eigenvalue weighted by atomic mass is 79.9. The fraction of sp³-hybridized carbons (Fsp3) is 0.462. The van der Waals surface area contributed by atoms with E-state index < -0.39 is 5.41 Å². The normalized spacial score (nSPS) is 11.1. The number of benzene rings is 1. The van der Waals surface area contributed by atoms with Gasteiger partial charge >= 0.3 is 5.97 Å². The second-order valence-corrected chi connectivity index (χ2v) is 5.60. The molecular weight excluding hydrogens is 282 g/mol. The number of carbonyl (C=O) groups is 1. The van der Waals surface area contributed by atoms with Crippen molar-refractivity contribution in [2.24, 2.45) is 5.41 Å². The molecule has 4 heteroatoms. The van der Waals surface area contributed by atoms with E-state index in [9.17, 15) is 4.79 Å². The van der Waals surface area contributed by atoms with E-state index in [4.69, 9.17) is 4.74 Å². The highest BCUT2D eigenvalue weighted by Crippen LogP contribution is 2.23. The first-order valence-corrected chi connectivity index (χ1v) is 6.24. The number of hydrogen-bond donors (Lipinski definition) is 1. The molecule has 1 aromatic carbocycles. The summed E-state index contributed by atoms with van der Waals surface area (Å²) in [5, 5.41) is 3.27. The molecule has 0 aromatic heterocycles. The monoisotopic (exact) mass is 299 g/mol. The lowest BCUT2D eigenvalue weighted by molar-refractivity contribution is -0.149. The van der Waals surface area contributed by atoms with Crippen LogP contribution < -0.4 is 5.32 Å². The van der Waals surface area contributed by atoms with Crippen LogP contribution in [0.4, 0.5) is 5.69 Å². The van der Waals surface area contributed by atoms with Gasteiger partial charge in [-0.25, -0.2) is 0 Å². The third kappa shape index (κ3) is 3.73. The lowest BCUT2D eigenvalue weighted by atomic mass is 9.93. The summed E-state index contributed by atoms with van der Waals surface area (Å²) < 4.78 is 5.82. The fourth-order valence-corrected chi connectivity index (χ4v) is 1.97. The predicted molar refractivity (Wildman–Crippen MR) is 73.2 cm³/mol. The van der Waals surface area contributed by atoms with E-state index >= 15 is 0 Å². The number of carbonyl (C=O) groups excluding carboxylic acids is 1. The predicted octanol–water partition coefficient (Wildman–Crippen LogP) is 3.37. The van der Waals surface area contributed by atoms with Gasteiger partial charge in [-0.3, -0.25) is 4.79 Å². The molecular formula is C13H18BrNO2. The summed E-state index contributed by atoms with van der Waals surface area (Å²) in [6.45, 7) is 6.29. The Morgan fingerprint density at radius 2 is 2.12 bits per heavy atom. The van der Waals surface area contributed by atoms with Crippen LogP contribution in [0.5, 0.6) is 0 Å². The Morgan fingerprint density at radius 3 is 2.65 bits per heavy atom. The van der Waals surface area contributed by atoms with Crippen LogP contribution in [0, 0.1) is 12.3 Å². The Balaban J connectivity index is 2.70. The molecule has 0 aliphatic rings. The number of esters is 1. The van der Waals surface area contributed by atoms with E-state index in [1.165, 1.54) is 7.11 Å². The smallest absolute Gasteiger partial charge is 0.313 e. The number of nitrogens with one attached hydrogen (secondary N) is 1. The van der Waals surface area contributed by atoms with E-state index in [0.717, 1.165) is 15.7 Å². The van der Waals surface area contributed by atoms with E-state index in [1.54, 1.807) is 0 Å². The van der Waals surface area contributed by atoms with Gasteiger partial charge < -0.3 is 10.1 Å². The van der Waals surface area contributed by atoms with Crippen molar-refractivity contribution >= 4 is 27.6 Å². The van der Waals surface area contributed by atoms with Gasteiger partial charge in [0.15, 0.2) is 0 Å². The molecule has 0 saturated carbocycles. The van der Waals surface area contributed by atoms with E-state index in [-0.39, 0.29) is 5.97 Å². The van der Waals surface area contributed by atoms with Crippen molar-refractivity contribution < 1.29 is 9.53 Å². The van der Waals surface area contributed by atoms with Crippen molar-refractivity contribution in [2.45, 2.75) is 20.8 Å². The molecule has 0 amide bonds. The molecule has 0 atom stereocenters. The van der Waals surface area contributed by atoms with Crippen LogP contribution in [0.15, 0.2) is 22.7 Å². The number of hydrogen-bond acceptors (Lipinski definition) is 3. The highest BCUT2D eigenvalue weighted by molar-refractivity contribution is 9.10. The summed E-state index contributed by atoms with van der Waals surface area (Å²) in [5.41, 5.74) is 1.64. The number of halogens is 1. The van der Waals surface area contributed by atoms with Crippen LogP contribution in [0.25, 0.3) is 0 Å². The Labute approximate surface area is 111 Å². The van der Waals surface area contributed by atoms with Crippen molar-refractivity contribution in [2.75, 3.05) is 19.0 Å². The summed E-state index contributed by atoms with van der Waals surface area (Å²) in [7, 11) is 1.41. The van der Waals surface area contributed by atoms with Gasteiger partial charge in [0.2, 0.25) is 0 Å². The van der Waals surface area contributed by atoms with Gasteiger partial charge in [-0.15, -0.1) is 0 Å². The molecule has 1 rings (SSSR count). The minimum absolute atomic E-state index is 0.209. The quantitative estimate of drug-likeness (QED) is 0.866. The van der Waals surface area contributed by atoms with Gasteiger partial charge in [-0.1, -0.05) is 15.9 Å². The Kier molecular flexibility index (Phi) is 4.57. The Bertz CT molecular complexity index is 416. The van der Waals surface area contributed by atoms with Crippen LogP contribution in [-0.4, -0.2) is 19.6 Å². The maximum atomic E-state index is 11.5. The first-order chi connectivity index (χ1) is 7.86. The molecule has 0 radical (unpaired) electrons. The first kappa shape index (κ1) is 14.0. The highest BCUT2D eigenvalue weighted by Gasteiger charge is 2.28. The summed E-state index contributed by atoms with van der Waals surface area (Å²) >= 11 is 3.42. The number of anilines is 1. The first-order valence-electron chi connectivity index (χ1n) is 5.45. The molecule has 1 N–H and O–H groups in total. The minimum Gasteiger partial charge on any atom is -0.469 e. The molecule has 0 aliphatic heterocycles. The maximum Gasteiger partial charge on any atom is 0.313 e. The molecule has 0 heterocycles. The van der Waals surface area contributed by atoms with E-state index in [0.29, 0.717) is 6.54 Å². The molecule has 3 nitrogen and oxygen atoms in total. The zero-order valence-electron chi connectivity index (χ0n) is 10.6. The average Bonchev–Trinajstić information content (AvgIpc) is 2.26. The number of ether oxygens (including phenoxy) is 1. The van der Waals surface area contributed by atoms with Gasteiger partial charge in [0, 0.05) is 16.7 Å². The van der Waals surface area contributed by atoms with Crippen molar-refractivity contribution in [3.05, 3.63) is 28.2 Å². The second-order valence-electron chi connectivity index (χ2n) is 4.69. The zero-order valence-corrected chi connectivity index (χ0v) is 12.2. The second kappa shape index (κ2) is 5.54. The van der Waals surface area contributed by atoms with Crippen LogP contribution in [0.3, 0.4) is 0 Å². The summed E-state index contributed by atoms with van der Waals surface area (Å²) in [6, 6.07) is 6.00. The fourth-order valence-electron chi connectivity index (χ4n) is 1.49. The van der Waals surface area contributed by atoms with E-state index in [1.807, 2.05) is 39.0 Å². The molecule has 0 bridgehead atoms. The molecule has 94 valence electrons. The van der Waals surface area contributed by atoms with Gasteiger partial charge in [0.1, 0.15) is 0 Å². The molecule has 0 unspecified atom stereocenters. The lowest BCUT2D eigenvalue weighted by Gasteiger charge is -2.23. The van der Waals surface area contributed by atoms with Crippen LogP contribution in [0.2, 0.25) is 0 Å². The van der Waals surface area contributed by atoms with E-state index in [2.05, 4.69) is 21.2 Å². The van der Waals surface area contributed by atoms with Gasteiger partial charge in [-0.2, -0.15) is 0 Å². The number of methoxy groups -OCH3 is 1. The summed E-state index contributed by atoms with van der Waals surface area (Å²) in [4.78, 5) is 11.5. The van der Waals surface area contributed by atoms with Crippen LogP contribution in [0.1, 0.15) is 19.4 Å². The number of aryl methyl sites for hydroxylation is 1. The zero-order chi connectivity index (χ0) is 13.1. The van der Waals surface area contributed by atoms with Gasteiger partial charge in [0.25, 0.3) is 0 Å². The summed E-state index contributed by atoms with van der Waals surface area (Å²) in [5.74, 6) is -0.209. The molecule has 1 aromatic rings. The number of rotatable bonds is 4. The Hall–Kier alpha value is -1.03. The lowest BCUT2D eigenvalue weighted by Crippen LogP contribution is -2.33. The largest absolute Gasteiger partial charge is 0.469 e. The average molecular weight is 300 g/mol. The van der Waals surface area contributed by atoms with Crippen molar-refractivity contribution in [1.29, 1.82) is 0 Å². The van der Waals surface area contributed by atoms with Crippen LogP contribution >= 0.6 is 15.9 Å².